The molecule has 0 amide bonds. The molecule has 0 unspecified atom stereocenters. The van der Waals surface area contributed by atoms with E-state index in [1.54, 1.807) is 0 Å². The van der Waals surface area contributed by atoms with E-state index < -0.39 is 21.6 Å². The van der Waals surface area contributed by atoms with Crippen LogP contribution in [0.1, 0.15) is 5.56 Å². The standard InChI is InChI=1S/C14H12F3NO2S/c1-21(19,20)9-6-7-11(13(18)8-9)10-4-2-3-5-12(10)14(15,16)17/h2-8H,18H2,1H3. The highest BCUT2D eigenvalue weighted by molar-refractivity contribution is 7.90. The lowest BCUT2D eigenvalue weighted by molar-refractivity contribution is -0.137. The molecule has 0 fully saturated rings. The summed E-state index contributed by atoms with van der Waals surface area (Å²) in [5.41, 5.74) is 4.96. The third-order valence-corrected chi connectivity index (χ3v) is 4.08. The molecule has 21 heavy (non-hydrogen) atoms. The van der Waals surface area contributed by atoms with Gasteiger partial charge in [0.05, 0.1) is 10.5 Å². The molecule has 0 aliphatic heterocycles. The number of benzene rings is 2. The van der Waals surface area contributed by atoms with Crippen LogP contribution < -0.4 is 5.73 Å². The maximum Gasteiger partial charge on any atom is 0.417 e. The number of sulfone groups is 1. The first-order valence-corrected chi connectivity index (χ1v) is 7.76. The fourth-order valence-corrected chi connectivity index (χ4v) is 2.64. The van der Waals surface area contributed by atoms with Crippen LogP contribution in [0.3, 0.4) is 0 Å². The molecule has 0 saturated carbocycles. The van der Waals surface area contributed by atoms with Gasteiger partial charge in [0, 0.05) is 17.5 Å². The molecule has 2 aromatic rings. The lowest BCUT2D eigenvalue weighted by atomic mass is 9.98. The fraction of sp³-hybridized carbons (Fsp3) is 0.143. The first kappa shape index (κ1) is 15.4. The number of halogens is 3. The second-order valence-electron chi connectivity index (χ2n) is 4.56. The van der Waals surface area contributed by atoms with E-state index in [1.807, 2.05) is 0 Å². The van der Waals surface area contributed by atoms with Gasteiger partial charge in [0.25, 0.3) is 0 Å². The summed E-state index contributed by atoms with van der Waals surface area (Å²) in [5.74, 6) is 0. The van der Waals surface area contributed by atoms with Crippen LogP contribution >= 0.6 is 0 Å². The predicted octanol–water partition coefficient (Wildman–Crippen LogP) is 3.36. The molecule has 7 heteroatoms. The summed E-state index contributed by atoms with van der Waals surface area (Å²) in [4.78, 5) is -0.0340. The van der Waals surface area contributed by atoms with E-state index in [0.717, 1.165) is 18.4 Å². The van der Waals surface area contributed by atoms with Crippen molar-refractivity contribution < 1.29 is 21.6 Å². The van der Waals surface area contributed by atoms with E-state index in [2.05, 4.69) is 0 Å². The third kappa shape index (κ3) is 3.18. The minimum atomic E-state index is -4.52. The molecular weight excluding hydrogens is 303 g/mol. The van der Waals surface area contributed by atoms with E-state index >= 15 is 0 Å². The zero-order valence-corrected chi connectivity index (χ0v) is 11.8. The molecule has 0 radical (unpaired) electrons. The van der Waals surface area contributed by atoms with Crippen molar-refractivity contribution in [2.24, 2.45) is 0 Å². The molecular formula is C14H12F3NO2S. The Kier molecular flexibility index (Phi) is 3.71. The van der Waals surface area contributed by atoms with Crippen LogP contribution in [0.2, 0.25) is 0 Å². The molecule has 2 rings (SSSR count). The smallest absolute Gasteiger partial charge is 0.398 e. The minimum absolute atomic E-state index is 0.0189. The number of nitrogens with two attached hydrogens (primary N) is 1. The van der Waals surface area contributed by atoms with Gasteiger partial charge in [-0.25, -0.2) is 8.42 Å². The predicted molar refractivity (Wildman–Crippen MR) is 74.4 cm³/mol. The SMILES string of the molecule is CS(=O)(=O)c1ccc(-c2ccccc2C(F)(F)F)c(N)c1. The summed E-state index contributed by atoms with van der Waals surface area (Å²) in [6, 6.07) is 8.71. The highest BCUT2D eigenvalue weighted by Crippen LogP contribution is 2.39. The maximum absolute atomic E-state index is 13.0. The normalized spacial score (nSPS) is 12.4. The summed E-state index contributed by atoms with van der Waals surface area (Å²) in [7, 11) is -3.47. The van der Waals surface area contributed by atoms with Gasteiger partial charge in [0.1, 0.15) is 0 Å². The van der Waals surface area contributed by atoms with Gasteiger partial charge in [0.2, 0.25) is 0 Å². The average molecular weight is 315 g/mol. The van der Waals surface area contributed by atoms with Gasteiger partial charge >= 0.3 is 6.18 Å². The molecule has 3 nitrogen and oxygen atoms in total. The number of hydrogen-bond donors (Lipinski definition) is 1. The molecule has 2 N–H and O–H groups in total. The second kappa shape index (κ2) is 5.07. The van der Waals surface area contributed by atoms with E-state index in [1.165, 1.54) is 30.3 Å². The number of anilines is 1. The molecule has 0 bridgehead atoms. The highest BCUT2D eigenvalue weighted by atomic mass is 32.2. The van der Waals surface area contributed by atoms with Gasteiger partial charge in [0.15, 0.2) is 9.84 Å². The molecule has 112 valence electrons. The molecule has 0 aliphatic rings. The van der Waals surface area contributed by atoms with Crippen LogP contribution in [0.5, 0.6) is 0 Å². The van der Waals surface area contributed by atoms with Crippen LogP contribution in [0.4, 0.5) is 18.9 Å². The lowest BCUT2D eigenvalue weighted by Crippen LogP contribution is -2.08. The lowest BCUT2D eigenvalue weighted by Gasteiger charge is -2.14. The summed E-state index contributed by atoms with van der Waals surface area (Å²) >= 11 is 0. The average Bonchev–Trinajstić information content (AvgIpc) is 2.36. The zero-order chi connectivity index (χ0) is 15.8. The maximum atomic E-state index is 13.0. The van der Waals surface area contributed by atoms with Crippen LogP contribution in [-0.2, 0) is 16.0 Å². The van der Waals surface area contributed by atoms with Crippen molar-refractivity contribution in [1.82, 2.24) is 0 Å². The van der Waals surface area contributed by atoms with Crippen molar-refractivity contribution in [2.75, 3.05) is 12.0 Å². The van der Waals surface area contributed by atoms with Crippen molar-refractivity contribution in [2.45, 2.75) is 11.1 Å². The van der Waals surface area contributed by atoms with E-state index in [0.29, 0.717) is 0 Å². The summed E-state index contributed by atoms with van der Waals surface area (Å²) in [5, 5.41) is 0. The first-order chi connectivity index (χ1) is 9.60. The largest absolute Gasteiger partial charge is 0.417 e. The second-order valence-corrected chi connectivity index (χ2v) is 6.58. The monoisotopic (exact) mass is 315 g/mol. The van der Waals surface area contributed by atoms with Crippen LogP contribution in [0.25, 0.3) is 11.1 Å². The van der Waals surface area contributed by atoms with Crippen molar-refractivity contribution in [3.05, 3.63) is 48.0 Å². The Hall–Kier alpha value is -2.02. The van der Waals surface area contributed by atoms with Gasteiger partial charge < -0.3 is 5.73 Å². The highest BCUT2D eigenvalue weighted by Gasteiger charge is 2.33. The summed E-state index contributed by atoms with van der Waals surface area (Å²) in [6.07, 6.45) is -3.51. The van der Waals surface area contributed by atoms with Crippen molar-refractivity contribution >= 4 is 15.5 Å². The number of hydrogen-bond acceptors (Lipinski definition) is 3. The Morgan fingerprint density at radius 3 is 2.14 bits per heavy atom. The van der Waals surface area contributed by atoms with Gasteiger partial charge in [-0.3, -0.25) is 0 Å². The molecule has 0 spiro atoms. The number of rotatable bonds is 2. The molecule has 2 aromatic carbocycles. The van der Waals surface area contributed by atoms with E-state index in [9.17, 15) is 21.6 Å². The van der Waals surface area contributed by atoms with Gasteiger partial charge in [-0.2, -0.15) is 13.2 Å². The van der Waals surface area contributed by atoms with Crippen molar-refractivity contribution in [3.63, 3.8) is 0 Å². The quantitative estimate of drug-likeness (QED) is 0.865. The Labute approximate surface area is 120 Å². The Morgan fingerprint density at radius 1 is 1.00 bits per heavy atom. The van der Waals surface area contributed by atoms with E-state index in [4.69, 9.17) is 5.73 Å². The molecule has 0 heterocycles. The fourth-order valence-electron chi connectivity index (χ4n) is 1.98. The molecule has 0 aliphatic carbocycles. The number of nitrogen functional groups attached to an aromatic ring is 1. The topological polar surface area (TPSA) is 60.2 Å². The summed E-state index contributed by atoms with van der Waals surface area (Å²) < 4.78 is 61.8. The third-order valence-electron chi connectivity index (χ3n) is 2.97. The van der Waals surface area contributed by atoms with Crippen LogP contribution in [0.15, 0.2) is 47.4 Å². The minimum Gasteiger partial charge on any atom is -0.398 e. The Morgan fingerprint density at radius 2 is 1.62 bits per heavy atom. The zero-order valence-electron chi connectivity index (χ0n) is 11.0. The Balaban J connectivity index is 2.65. The molecule has 0 aromatic heterocycles. The van der Waals surface area contributed by atoms with Crippen LogP contribution in [0, 0.1) is 0 Å². The summed E-state index contributed by atoms with van der Waals surface area (Å²) in [6.45, 7) is 0. The van der Waals surface area contributed by atoms with Gasteiger partial charge in [-0.15, -0.1) is 0 Å². The number of alkyl halides is 3. The Bertz CT molecular complexity index is 783. The molecule has 0 saturated heterocycles. The van der Waals surface area contributed by atoms with Crippen molar-refractivity contribution in [1.29, 1.82) is 0 Å². The van der Waals surface area contributed by atoms with Crippen LogP contribution in [-0.4, -0.2) is 14.7 Å². The van der Waals surface area contributed by atoms with E-state index in [-0.39, 0.29) is 21.7 Å². The van der Waals surface area contributed by atoms with Crippen molar-refractivity contribution in [3.8, 4) is 11.1 Å². The van der Waals surface area contributed by atoms with Gasteiger partial charge in [-0.05, 0) is 23.8 Å². The molecule has 0 atom stereocenters. The van der Waals surface area contributed by atoms with Gasteiger partial charge in [-0.1, -0.05) is 24.3 Å². The first-order valence-electron chi connectivity index (χ1n) is 5.87.